The molecule has 0 saturated carbocycles. The third-order valence-corrected chi connectivity index (χ3v) is 6.22. The topological polar surface area (TPSA) is 73.8 Å². The van der Waals surface area contributed by atoms with Crippen molar-refractivity contribution in [2.75, 3.05) is 32.9 Å². The van der Waals surface area contributed by atoms with E-state index in [1.807, 2.05) is 6.07 Å². The number of guanidine groups is 1. The van der Waals surface area contributed by atoms with Crippen LogP contribution in [0.15, 0.2) is 35.3 Å². The number of hydrogen-bond donors (Lipinski definition) is 2. The van der Waals surface area contributed by atoms with Gasteiger partial charge in [0.25, 0.3) is 0 Å². The van der Waals surface area contributed by atoms with Crippen molar-refractivity contribution < 1.29 is 8.42 Å². The summed E-state index contributed by atoms with van der Waals surface area (Å²) in [6, 6.07) is 10.8. The van der Waals surface area contributed by atoms with Gasteiger partial charge >= 0.3 is 0 Å². The molecule has 26 heavy (non-hydrogen) atoms. The highest BCUT2D eigenvalue weighted by Crippen LogP contribution is 2.18. The lowest BCUT2D eigenvalue weighted by molar-refractivity contribution is 0.274. The van der Waals surface area contributed by atoms with Crippen molar-refractivity contribution in [1.82, 2.24) is 14.9 Å². The molecule has 1 saturated heterocycles. The molecule has 1 aromatic carbocycles. The van der Waals surface area contributed by atoms with Gasteiger partial charge in [0.05, 0.1) is 6.26 Å². The van der Waals surface area contributed by atoms with Crippen LogP contribution in [0.1, 0.15) is 31.7 Å². The third-order valence-electron chi connectivity index (χ3n) is 4.92. The molecule has 0 amide bonds. The average molecular weight is 381 g/mol. The van der Waals surface area contributed by atoms with E-state index in [-0.39, 0.29) is 0 Å². The van der Waals surface area contributed by atoms with Gasteiger partial charge in [-0.2, -0.15) is 0 Å². The molecule has 1 atom stereocenters. The highest BCUT2D eigenvalue weighted by atomic mass is 32.2. The summed E-state index contributed by atoms with van der Waals surface area (Å²) in [6.45, 7) is 4.22. The Morgan fingerprint density at radius 1 is 1.27 bits per heavy atom. The smallest absolute Gasteiger partial charge is 0.211 e. The molecule has 7 heteroatoms. The highest BCUT2D eigenvalue weighted by Gasteiger charge is 2.24. The largest absolute Gasteiger partial charge is 0.356 e. The lowest BCUT2D eigenvalue weighted by Gasteiger charge is -2.30. The Morgan fingerprint density at radius 3 is 2.50 bits per heavy atom. The van der Waals surface area contributed by atoms with Crippen LogP contribution < -0.4 is 10.6 Å². The molecule has 0 radical (unpaired) electrons. The minimum absolute atomic E-state index is 0.327. The number of aryl methyl sites for hydroxylation is 1. The zero-order chi connectivity index (χ0) is 19.0. The zero-order valence-corrected chi connectivity index (χ0v) is 16.9. The van der Waals surface area contributed by atoms with E-state index in [0.717, 1.165) is 38.2 Å². The molecule has 0 aliphatic carbocycles. The van der Waals surface area contributed by atoms with Crippen LogP contribution >= 0.6 is 0 Å². The molecule has 1 fully saturated rings. The SMILES string of the molecule is CN=C(NCC1CCN(S(C)(=O)=O)CC1)NC(C)CCc1ccccc1. The standard InChI is InChI=1S/C19H32N4O2S/c1-16(9-10-17-7-5-4-6-8-17)22-19(20-2)21-15-18-11-13-23(14-12-18)26(3,24)25/h4-8,16,18H,9-15H2,1-3H3,(H2,20,21,22). The molecule has 6 nitrogen and oxygen atoms in total. The van der Waals surface area contributed by atoms with Crippen LogP contribution in [-0.4, -0.2) is 57.7 Å². The van der Waals surface area contributed by atoms with E-state index in [1.54, 1.807) is 11.4 Å². The van der Waals surface area contributed by atoms with E-state index in [4.69, 9.17) is 0 Å². The van der Waals surface area contributed by atoms with Crippen LogP contribution in [0.2, 0.25) is 0 Å². The number of rotatable bonds is 7. The van der Waals surface area contributed by atoms with Gasteiger partial charge in [-0.25, -0.2) is 12.7 Å². The molecule has 1 aliphatic rings. The monoisotopic (exact) mass is 380 g/mol. The second-order valence-electron chi connectivity index (χ2n) is 7.13. The summed E-state index contributed by atoms with van der Waals surface area (Å²) in [6.07, 6.45) is 5.14. The fourth-order valence-electron chi connectivity index (χ4n) is 3.21. The number of hydrogen-bond acceptors (Lipinski definition) is 3. The van der Waals surface area contributed by atoms with Gasteiger partial charge in [-0.1, -0.05) is 30.3 Å². The van der Waals surface area contributed by atoms with E-state index < -0.39 is 10.0 Å². The predicted molar refractivity (Wildman–Crippen MR) is 108 cm³/mol. The molecule has 1 unspecified atom stereocenters. The summed E-state index contributed by atoms with van der Waals surface area (Å²) in [4.78, 5) is 4.31. The van der Waals surface area contributed by atoms with Gasteiger partial charge < -0.3 is 10.6 Å². The van der Waals surface area contributed by atoms with Crippen molar-refractivity contribution >= 4 is 16.0 Å². The van der Waals surface area contributed by atoms with Gasteiger partial charge in [0.2, 0.25) is 10.0 Å². The Hall–Kier alpha value is -1.60. The van der Waals surface area contributed by atoms with Gasteiger partial charge in [-0.3, -0.25) is 4.99 Å². The molecule has 1 aromatic rings. The summed E-state index contributed by atoms with van der Waals surface area (Å²) < 4.78 is 24.7. The Morgan fingerprint density at radius 2 is 1.92 bits per heavy atom. The molecular formula is C19H32N4O2S. The molecule has 2 N–H and O–H groups in total. The average Bonchev–Trinajstić information content (AvgIpc) is 2.64. The Labute approximate surface area is 158 Å². The summed E-state index contributed by atoms with van der Waals surface area (Å²) in [5.74, 6) is 1.29. The van der Waals surface area contributed by atoms with E-state index in [1.165, 1.54) is 11.8 Å². The van der Waals surface area contributed by atoms with Crippen LogP contribution in [-0.2, 0) is 16.4 Å². The number of piperidine rings is 1. The van der Waals surface area contributed by atoms with Crippen LogP contribution in [0.25, 0.3) is 0 Å². The Bertz CT molecular complexity index is 668. The number of nitrogens with one attached hydrogen (secondary N) is 2. The van der Waals surface area contributed by atoms with Crippen LogP contribution in [0.4, 0.5) is 0 Å². The minimum Gasteiger partial charge on any atom is -0.356 e. The first kappa shape index (κ1) is 20.7. The summed E-state index contributed by atoms with van der Waals surface area (Å²) in [5, 5.41) is 6.83. The molecule has 1 heterocycles. The van der Waals surface area contributed by atoms with E-state index >= 15 is 0 Å². The number of sulfonamides is 1. The van der Waals surface area contributed by atoms with Crippen molar-refractivity contribution in [3.05, 3.63) is 35.9 Å². The van der Waals surface area contributed by atoms with Crippen LogP contribution in [0, 0.1) is 5.92 Å². The predicted octanol–water partition coefficient (Wildman–Crippen LogP) is 1.84. The highest BCUT2D eigenvalue weighted by molar-refractivity contribution is 7.88. The molecule has 0 spiro atoms. The van der Waals surface area contributed by atoms with E-state index in [0.29, 0.717) is 25.0 Å². The molecule has 1 aliphatic heterocycles. The van der Waals surface area contributed by atoms with Gasteiger partial charge in [0.1, 0.15) is 0 Å². The maximum absolute atomic E-state index is 11.6. The Kier molecular flexibility index (Phi) is 7.90. The van der Waals surface area contributed by atoms with Crippen molar-refractivity contribution in [2.24, 2.45) is 10.9 Å². The first-order valence-electron chi connectivity index (χ1n) is 9.34. The molecule has 146 valence electrons. The van der Waals surface area contributed by atoms with Crippen molar-refractivity contribution in [2.45, 2.75) is 38.6 Å². The second-order valence-corrected chi connectivity index (χ2v) is 9.11. The van der Waals surface area contributed by atoms with Crippen LogP contribution in [0.3, 0.4) is 0 Å². The molecule has 0 aromatic heterocycles. The fourth-order valence-corrected chi connectivity index (χ4v) is 4.09. The quantitative estimate of drug-likeness (QED) is 0.559. The van der Waals surface area contributed by atoms with Gasteiger partial charge in [0.15, 0.2) is 5.96 Å². The summed E-state index contributed by atoms with van der Waals surface area (Å²) in [5.41, 5.74) is 1.35. The molecule has 0 bridgehead atoms. The van der Waals surface area contributed by atoms with E-state index in [2.05, 4.69) is 46.8 Å². The van der Waals surface area contributed by atoms with Gasteiger partial charge in [-0.15, -0.1) is 0 Å². The zero-order valence-electron chi connectivity index (χ0n) is 16.1. The van der Waals surface area contributed by atoms with E-state index in [9.17, 15) is 8.42 Å². The summed E-state index contributed by atoms with van der Waals surface area (Å²) in [7, 11) is -1.27. The third kappa shape index (κ3) is 6.96. The molecule has 2 rings (SSSR count). The number of nitrogens with zero attached hydrogens (tertiary/aromatic N) is 2. The maximum atomic E-state index is 11.6. The Balaban J connectivity index is 1.69. The van der Waals surface area contributed by atoms with Crippen molar-refractivity contribution in [3.8, 4) is 0 Å². The van der Waals surface area contributed by atoms with Crippen molar-refractivity contribution in [1.29, 1.82) is 0 Å². The first-order chi connectivity index (χ1) is 12.4. The van der Waals surface area contributed by atoms with Gasteiger partial charge in [-0.05, 0) is 44.1 Å². The normalized spacial score (nSPS) is 18.5. The summed E-state index contributed by atoms with van der Waals surface area (Å²) >= 11 is 0. The maximum Gasteiger partial charge on any atom is 0.211 e. The number of aliphatic imine (C=N–C) groups is 1. The minimum atomic E-state index is -3.05. The lowest BCUT2D eigenvalue weighted by atomic mass is 9.98. The van der Waals surface area contributed by atoms with Gasteiger partial charge in [0, 0.05) is 32.7 Å². The van der Waals surface area contributed by atoms with Crippen molar-refractivity contribution in [3.63, 3.8) is 0 Å². The van der Waals surface area contributed by atoms with Crippen LogP contribution in [0.5, 0.6) is 0 Å². The fraction of sp³-hybridized carbons (Fsp3) is 0.632. The lowest BCUT2D eigenvalue weighted by Crippen LogP contribution is -2.46. The molecular weight excluding hydrogens is 348 g/mol. The first-order valence-corrected chi connectivity index (χ1v) is 11.2. The second kappa shape index (κ2) is 9.92. The number of benzene rings is 1.